The molecular formula is C17H30N2O4. The molecule has 1 aliphatic carbocycles. The molecule has 0 aromatic carbocycles. The van der Waals surface area contributed by atoms with Crippen molar-refractivity contribution in [2.24, 2.45) is 0 Å². The van der Waals surface area contributed by atoms with Crippen LogP contribution in [0.4, 0.5) is 10.5 Å². The SMILES string of the molecule is CC(C)(C)OC(=O)Nc1cccn(C2CCCCC2)c1=O.CO.[HH]. The molecule has 0 saturated heterocycles. The second kappa shape index (κ2) is 8.72. The summed E-state index contributed by atoms with van der Waals surface area (Å²) < 4.78 is 6.93. The van der Waals surface area contributed by atoms with Crippen molar-refractivity contribution in [3.05, 3.63) is 28.7 Å². The summed E-state index contributed by atoms with van der Waals surface area (Å²) in [5.74, 6) is 0. The fourth-order valence-electron chi connectivity index (χ4n) is 2.67. The zero-order valence-electron chi connectivity index (χ0n) is 14.5. The number of rotatable bonds is 2. The fourth-order valence-corrected chi connectivity index (χ4v) is 2.67. The van der Waals surface area contributed by atoms with Crippen LogP contribution in [0.5, 0.6) is 0 Å². The molecule has 0 atom stereocenters. The van der Waals surface area contributed by atoms with Gasteiger partial charge in [0, 0.05) is 20.8 Å². The van der Waals surface area contributed by atoms with Crippen LogP contribution in [0.15, 0.2) is 23.1 Å². The van der Waals surface area contributed by atoms with Gasteiger partial charge in [-0.25, -0.2) is 4.79 Å². The molecule has 23 heavy (non-hydrogen) atoms. The highest BCUT2D eigenvalue weighted by atomic mass is 16.6. The first kappa shape index (κ1) is 19.2. The molecule has 2 N–H and O–H groups in total. The van der Waals surface area contributed by atoms with Crippen molar-refractivity contribution in [1.82, 2.24) is 4.57 Å². The van der Waals surface area contributed by atoms with E-state index in [1.165, 1.54) is 6.42 Å². The predicted molar refractivity (Wildman–Crippen MR) is 92.9 cm³/mol. The van der Waals surface area contributed by atoms with E-state index in [2.05, 4.69) is 5.32 Å². The molecule has 6 nitrogen and oxygen atoms in total. The molecule has 0 radical (unpaired) electrons. The first-order chi connectivity index (χ1) is 10.9. The lowest BCUT2D eigenvalue weighted by atomic mass is 9.95. The summed E-state index contributed by atoms with van der Waals surface area (Å²) in [6.07, 6.45) is 6.80. The van der Waals surface area contributed by atoms with E-state index in [1.807, 2.05) is 0 Å². The maximum absolute atomic E-state index is 12.5. The van der Waals surface area contributed by atoms with Gasteiger partial charge in [-0.3, -0.25) is 10.1 Å². The summed E-state index contributed by atoms with van der Waals surface area (Å²) in [5.41, 5.74) is -0.464. The molecule has 0 spiro atoms. The van der Waals surface area contributed by atoms with Gasteiger partial charge >= 0.3 is 6.09 Å². The number of pyridine rings is 1. The average molecular weight is 326 g/mol. The van der Waals surface area contributed by atoms with Gasteiger partial charge in [0.2, 0.25) is 0 Å². The molecule has 6 heteroatoms. The number of ether oxygens (including phenoxy) is 1. The van der Waals surface area contributed by atoms with E-state index in [0.717, 1.165) is 32.8 Å². The van der Waals surface area contributed by atoms with Crippen molar-refractivity contribution < 1.29 is 16.1 Å². The minimum atomic E-state index is -0.596. The van der Waals surface area contributed by atoms with Gasteiger partial charge in [0.15, 0.2) is 0 Å². The second-order valence-electron chi connectivity index (χ2n) is 6.55. The highest BCUT2D eigenvalue weighted by Gasteiger charge is 2.20. The van der Waals surface area contributed by atoms with E-state index in [0.29, 0.717) is 0 Å². The van der Waals surface area contributed by atoms with Gasteiger partial charge in [0.1, 0.15) is 11.3 Å². The van der Waals surface area contributed by atoms with Crippen LogP contribution in [0.3, 0.4) is 0 Å². The largest absolute Gasteiger partial charge is 0.444 e. The van der Waals surface area contributed by atoms with Crippen LogP contribution in [-0.4, -0.2) is 28.5 Å². The van der Waals surface area contributed by atoms with Gasteiger partial charge in [-0.2, -0.15) is 0 Å². The number of hydrogen-bond donors (Lipinski definition) is 2. The Morgan fingerprint density at radius 1 is 1.30 bits per heavy atom. The van der Waals surface area contributed by atoms with Crippen molar-refractivity contribution in [1.29, 1.82) is 0 Å². The number of hydrogen-bond acceptors (Lipinski definition) is 4. The van der Waals surface area contributed by atoms with Gasteiger partial charge in [0.25, 0.3) is 5.56 Å². The normalized spacial score (nSPS) is 15.3. The van der Waals surface area contributed by atoms with Crippen molar-refractivity contribution in [3.63, 3.8) is 0 Å². The molecule has 0 unspecified atom stereocenters. The number of carbonyl (C=O) groups is 1. The second-order valence-corrected chi connectivity index (χ2v) is 6.55. The van der Waals surface area contributed by atoms with Gasteiger partial charge in [-0.1, -0.05) is 19.3 Å². The van der Waals surface area contributed by atoms with Gasteiger partial charge in [-0.15, -0.1) is 0 Å². The Hall–Kier alpha value is -1.82. The topological polar surface area (TPSA) is 80.6 Å². The molecule has 1 aromatic heterocycles. The predicted octanol–water partition coefficient (Wildman–Crippen LogP) is 3.56. The molecule has 1 amide bonds. The lowest BCUT2D eigenvalue weighted by Crippen LogP contribution is -2.32. The molecule has 132 valence electrons. The Morgan fingerprint density at radius 2 is 1.91 bits per heavy atom. The monoisotopic (exact) mass is 326 g/mol. The number of carbonyl (C=O) groups excluding carboxylic acids is 1. The van der Waals surface area contributed by atoms with Gasteiger partial charge < -0.3 is 14.4 Å². The number of aromatic nitrogens is 1. The summed E-state index contributed by atoms with van der Waals surface area (Å²) in [4.78, 5) is 24.2. The lowest BCUT2D eigenvalue weighted by Gasteiger charge is -2.24. The molecule has 0 bridgehead atoms. The third kappa shape index (κ3) is 6.06. The summed E-state index contributed by atoms with van der Waals surface area (Å²) in [6.45, 7) is 5.37. The minimum Gasteiger partial charge on any atom is -0.444 e. The number of nitrogens with zero attached hydrogens (tertiary/aromatic N) is 1. The van der Waals surface area contributed by atoms with Crippen LogP contribution in [0, 0.1) is 0 Å². The summed E-state index contributed by atoms with van der Waals surface area (Å²) >= 11 is 0. The zero-order valence-corrected chi connectivity index (χ0v) is 14.5. The minimum absolute atomic E-state index is 0. The number of amides is 1. The molecule has 1 aromatic rings. The van der Waals surface area contributed by atoms with Crippen LogP contribution < -0.4 is 10.9 Å². The molecule has 1 heterocycles. The van der Waals surface area contributed by atoms with E-state index in [4.69, 9.17) is 9.84 Å². The Morgan fingerprint density at radius 3 is 2.48 bits per heavy atom. The van der Waals surface area contributed by atoms with E-state index >= 15 is 0 Å². The first-order valence-electron chi connectivity index (χ1n) is 8.03. The maximum Gasteiger partial charge on any atom is 0.412 e. The van der Waals surface area contributed by atoms with Crippen LogP contribution >= 0.6 is 0 Å². The lowest BCUT2D eigenvalue weighted by molar-refractivity contribution is 0.0635. The zero-order chi connectivity index (χ0) is 17.5. The molecule has 1 saturated carbocycles. The van der Waals surface area contributed by atoms with Gasteiger partial charge in [-0.05, 0) is 45.7 Å². The van der Waals surface area contributed by atoms with Crippen LogP contribution in [0.2, 0.25) is 0 Å². The molecule has 1 aliphatic rings. The van der Waals surface area contributed by atoms with Crippen molar-refractivity contribution in [2.75, 3.05) is 12.4 Å². The van der Waals surface area contributed by atoms with Crippen LogP contribution in [0.1, 0.15) is 60.3 Å². The smallest absolute Gasteiger partial charge is 0.412 e. The van der Waals surface area contributed by atoms with E-state index < -0.39 is 11.7 Å². The summed E-state index contributed by atoms with van der Waals surface area (Å²) in [5, 5.41) is 9.55. The first-order valence-corrected chi connectivity index (χ1v) is 8.03. The molecule has 2 rings (SSSR count). The van der Waals surface area contributed by atoms with E-state index in [-0.39, 0.29) is 18.7 Å². The summed E-state index contributed by atoms with van der Waals surface area (Å²) in [6, 6.07) is 3.65. The third-order valence-electron chi connectivity index (χ3n) is 3.58. The number of nitrogens with one attached hydrogen (secondary N) is 1. The highest BCUT2D eigenvalue weighted by molar-refractivity contribution is 5.84. The third-order valence-corrected chi connectivity index (χ3v) is 3.58. The quantitative estimate of drug-likeness (QED) is 0.871. The molecular weight excluding hydrogens is 296 g/mol. The number of anilines is 1. The standard InChI is InChI=1S/C16H24N2O3.CH4O.H2/c1-16(2,3)21-15(20)17-13-10-7-11-18(14(13)19)12-8-5-4-6-9-12;1-2;/h7,10-12H,4-6,8-9H2,1-3H3,(H,17,20);2H,1H3;1H. The van der Waals surface area contributed by atoms with Crippen molar-refractivity contribution in [2.45, 2.75) is 64.5 Å². The average Bonchev–Trinajstić information content (AvgIpc) is 2.50. The van der Waals surface area contributed by atoms with Crippen molar-refractivity contribution >= 4 is 11.8 Å². The Balaban J connectivity index is 0.00000170. The summed E-state index contributed by atoms with van der Waals surface area (Å²) in [7, 11) is 1.00. The fraction of sp³-hybridized carbons (Fsp3) is 0.647. The molecule has 1 fully saturated rings. The van der Waals surface area contributed by atoms with Crippen LogP contribution in [0.25, 0.3) is 0 Å². The number of aliphatic hydroxyl groups is 1. The number of aliphatic hydroxyl groups excluding tert-OH is 1. The van der Waals surface area contributed by atoms with E-state index in [1.54, 1.807) is 43.7 Å². The van der Waals surface area contributed by atoms with Crippen molar-refractivity contribution in [3.8, 4) is 0 Å². The Labute approximate surface area is 139 Å². The maximum atomic E-state index is 12.5. The van der Waals surface area contributed by atoms with E-state index in [9.17, 15) is 9.59 Å². The van der Waals surface area contributed by atoms with Crippen LogP contribution in [-0.2, 0) is 4.74 Å². The Kier molecular flexibility index (Phi) is 7.29. The molecule has 0 aliphatic heterocycles. The van der Waals surface area contributed by atoms with Gasteiger partial charge in [0.05, 0.1) is 0 Å². The highest BCUT2D eigenvalue weighted by Crippen LogP contribution is 2.27. The Bertz CT molecular complexity index is 560.